The lowest BCUT2D eigenvalue weighted by Crippen LogP contribution is -2.44. The standard InChI is InChI=1S/C33H35N2O4Si/c1-35(2)29-24-16-23-21-14-15-22(25(21)18-40(3)20-12-8-5-9-13-20)26(23)30(36)27(24)31(37)28-32(29)39-34-33(28)38-17-19-10-6-4-7-11-19/h4-15,21-26,29,37H,16-18H2,1-3H3/t21-,22-,23+,24-,25?,26-,29-/m1/s1. The summed E-state index contributed by atoms with van der Waals surface area (Å²) in [4.78, 5) is 16.5. The third-order valence-electron chi connectivity index (χ3n) is 9.79. The average Bonchev–Trinajstić information content (AvgIpc) is 3.65. The largest absolute Gasteiger partial charge is 0.507 e. The lowest BCUT2D eigenvalue weighted by atomic mass is 9.62. The monoisotopic (exact) mass is 551 g/mol. The van der Waals surface area contributed by atoms with Crippen LogP contribution in [0, 0.1) is 35.5 Å². The number of Topliss-reactive ketones (excluding diaryl/α,β-unsaturated/α-hetero) is 1. The maximum absolute atomic E-state index is 14.4. The SMILES string of the molecule is CN(C)[C@H]1c2onc(OCc3ccccc3)c2C(O)=C2C(=O)[C@H]3[C@@H](C[C@H]21)[C@H]1C=C[C@@H]3C1C[Si](C)c1ccccc1. The van der Waals surface area contributed by atoms with Crippen molar-refractivity contribution >= 4 is 25.5 Å². The topological polar surface area (TPSA) is 75.8 Å². The van der Waals surface area contributed by atoms with E-state index in [1.165, 1.54) is 5.19 Å². The van der Waals surface area contributed by atoms with Crippen LogP contribution in [0.5, 0.6) is 5.88 Å². The number of benzene rings is 2. The molecule has 0 amide bonds. The van der Waals surface area contributed by atoms with Gasteiger partial charge in [-0.3, -0.25) is 9.69 Å². The molecule has 2 fully saturated rings. The van der Waals surface area contributed by atoms with Gasteiger partial charge in [-0.1, -0.05) is 90.6 Å². The molecule has 6 nitrogen and oxygen atoms in total. The zero-order chi connectivity index (χ0) is 27.5. The summed E-state index contributed by atoms with van der Waals surface area (Å²) in [6.07, 6.45) is 5.55. The quantitative estimate of drug-likeness (QED) is 0.312. The van der Waals surface area contributed by atoms with E-state index < -0.39 is 8.80 Å². The number of aromatic nitrogens is 1. The average molecular weight is 552 g/mol. The zero-order valence-corrected chi connectivity index (χ0v) is 24.2. The van der Waals surface area contributed by atoms with Crippen molar-refractivity contribution in [3.8, 4) is 5.88 Å². The third-order valence-corrected chi connectivity index (χ3v) is 12.2. The van der Waals surface area contributed by atoms with Crippen molar-refractivity contribution in [1.82, 2.24) is 10.1 Å². The van der Waals surface area contributed by atoms with Crippen LogP contribution in [0.25, 0.3) is 5.76 Å². The van der Waals surface area contributed by atoms with E-state index in [-0.39, 0.29) is 41.2 Å². The number of allylic oxidation sites excluding steroid dienone is 2. The molecule has 2 aromatic carbocycles. The Morgan fingerprint density at radius 3 is 2.48 bits per heavy atom. The molecular weight excluding hydrogens is 516 g/mol. The highest BCUT2D eigenvalue weighted by molar-refractivity contribution is 6.72. The number of carbonyl (C=O) groups excluding carboxylic acids is 1. The van der Waals surface area contributed by atoms with Gasteiger partial charge < -0.3 is 14.4 Å². The Bertz CT molecular complexity index is 1480. The molecule has 40 heavy (non-hydrogen) atoms. The molecule has 1 aromatic heterocycles. The molecule has 4 aliphatic carbocycles. The minimum Gasteiger partial charge on any atom is -0.507 e. The fraction of sp³-hybridized carbons (Fsp3) is 0.394. The first-order valence-electron chi connectivity index (χ1n) is 14.3. The normalized spacial score (nSPS) is 30.1. The number of hydrogen-bond donors (Lipinski definition) is 1. The van der Waals surface area contributed by atoms with Gasteiger partial charge in [-0.25, -0.2) is 0 Å². The van der Waals surface area contributed by atoms with E-state index in [1.807, 2.05) is 44.4 Å². The van der Waals surface area contributed by atoms with Crippen molar-refractivity contribution in [2.75, 3.05) is 14.1 Å². The second-order valence-electron chi connectivity index (χ2n) is 12.1. The van der Waals surface area contributed by atoms with Crippen LogP contribution in [-0.4, -0.2) is 43.8 Å². The number of nitrogens with zero attached hydrogens (tertiary/aromatic N) is 2. The number of carbonyl (C=O) groups is 1. The summed E-state index contributed by atoms with van der Waals surface area (Å²) >= 11 is 0. The first-order valence-corrected chi connectivity index (χ1v) is 16.5. The summed E-state index contributed by atoms with van der Waals surface area (Å²) in [5, 5.41) is 17.4. The van der Waals surface area contributed by atoms with Gasteiger partial charge >= 0.3 is 0 Å². The van der Waals surface area contributed by atoms with Crippen LogP contribution in [0.4, 0.5) is 0 Å². The second kappa shape index (κ2) is 9.89. The van der Waals surface area contributed by atoms with Gasteiger partial charge in [-0.15, -0.1) is 0 Å². The molecule has 0 spiro atoms. The summed E-state index contributed by atoms with van der Waals surface area (Å²) in [5.74, 6) is 2.16. The Balaban J connectivity index is 1.21. The highest BCUT2D eigenvalue weighted by atomic mass is 28.3. The van der Waals surface area contributed by atoms with Crippen LogP contribution in [0.2, 0.25) is 12.6 Å². The van der Waals surface area contributed by atoms with Crippen molar-refractivity contribution in [3.63, 3.8) is 0 Å². The number of hydrogen-bond acceptors (Lipinski definition) is 6. The lowest BCUT2D eigenvalue weighted by Gasteiger charge is -2.43. The van der Waals surface area contributed by atoms with Crippen LogP contribution in [0.15, 0.2) is 82.9 Å². The summed E-state index contributed by atoms with van der Waals surface area (Å²) in [5.41, 5.74) is 1.98. The van der Waals surface area contributed by atoms with Crippen LogP contribution in [0.3, 0.4) is 0 Å². The molecule has 0 saturated heterocycles. The molecule has 205 valence electrons. The maximum atomic E-state index is 14.4. The van der Waals surface area contributed by atoms with Crippen LogP contribution < -0.4 is 9.92 Å². The molecule has 4 aliphatic rings. The van der Waals surface area contributed by atoms with Gasteiger partial charge in [-0.2, -0.15) is 0 Å². The summed E-state index contributed by atoms with van der Waals surface area (Å²) in [7, 11) is 3.29. The molecule has 7 atom stereocenters. The Hall–Kier alpha value is -3.42. The van der Waals surface area contributed by atoms with Crippen LogP contribution >= 0.6 is 0 Å². The third kappa shape index (κ3) is 3.93. The number of aliphatic hydroxyl groups is 1. The highest BCUT2D eigenvalue weighted by Gasteiger charge is 2.61. The van der Waals surface area contributed by atoms with Crippen molar-refractivity contribution < 1.29 is 19.2 Å². The molecule has 1 unspecified atom stereocenters. The Morgan fingerprint density at radius 1 is 1.05 bits per heavy atom. The number of aliphatic hydroxyl groups excluding tert-OH is 1. The molecule has 7 heteroatoms. The van der Waals surface area contributed by atoms with E-state index in [0.29, 0.717) is 41.3 Å². The molecule has 2 saturated carbocycles. The molecule has 1 N–H and O–H groups in total. The van der Waals surface area contributed by atoms with E-state index >= 15 is 0 Å². The molecule has 7 rings (SSSR count). The number of ketones is 1. The minimum absolute atomic E-state index is 0.00121. The second-order valence-corrected chi connectivity index (χ2v) is 14.7. The molecule has 1 radical (unpaired) electrons. The summed E-state index contributed by atoms with van der Waals surface area (Å²) in [6.45, 7) is 2.71. The predicted molar refractivity (Wildman–Crippen MR) is 155 cm³/mol. The van der Waals surface area contributed by atoms with E-state index in [1.54, 1.807) is 0 Å². The maximum Gasteiger partial charge on any atom is 0.265 e. The first-order chi connectivity index (χ1) is 19.4. The Labute approximate surface area is 236 Å². The van der Waals surface area contributed by atoms with E-state index in [2.05, 4.69) is 59.1 Å². The molecular formula is C33H35N2O4Si. The predicted octanol–water partition coefficient (Wildman–Crippen LogP) is 5.42. The van der Waals surface area contributed by atoms with Gasteiger partial charge in [-0.05, 0) is 54.9 Å². The van der Waals surface area contributed by atoms with Gasteiger partial charge in [0.15, 0.2) is 11.5 Å². The number of ether oxygens (including phenoxy) is 1. The van der Waals surface area contributed by atoms with Crippen LogP contribution in [-0.2, 0) is 11.4 Å². The van der Waals surface area contributed by atoms with Gasteiger partial charge in [0.2, 0.25) is 0 Å². The van der Waals surface area contributed by atoms with Crippen molar-refractivity contribution in [3.05, 3.63) is 95.3 Å². The molecule has 1 heterocycles. The molecule has 2 bridgehead atoms. The highest BCUT2D eigenvalue weighted by Crippen LogP contribution is 2.62. The van der Waals surface area contributed by atoms with Gasteiger partial charge in [0.1, 0.15) is 17.9 Å². The minimum atomic E-state index is -0.724. The van der Waals surface area contributed by atoms with Gasteiger partial charge in [0.05, 0.1) is 14.8 Å². The number of fused-ring (bicyclic) bond motifs is 7. The molecule has 0 aliphatic heterocycles. The van der Waals surface area contributed by atoms with E-state index in [4.69, 9.17) is 9.26 Å². The smallest absolute Gasteiger partial charge is 0.265 e. The summed E-state index contributed by atoms with van der Waals surface area (Å²) in [6, 6.07) is 21.6. The van der Waals surface area contributed by atoms with Crippen molar-refractivity contribution in [2.45, 2.75) is 31.7 Å². The van der Waals surface area contributed by atoms with E-state index in [9.17, 15) is 9.90 Å². The van der Waals surface area contributed by atoms with E-state index in [0.717, 1.165) is 18.0 Å². The first kappa shape index (κ1) is 25.5. The molecule has 3 aromatic rings. The lowest BCUT2D eigenvalue weighted by molar-refractivity contribution is -0.124. The van der Waals surface area contributed by atoms with Crippen molar-refractivity contribution in [2.24, 2.45) is 35.5 Å². The Kier molecular flexibility index (Phi) is 6.31. The zero-order valence-electron chi connectivity index (χ0n) is 23.2. The number of rotatable bonds is 7. The fourth-order valence-electron chi connectivity index (χ4n) is 8.10. The van der Waals surface area contributed by atoms with Crippen LogP contribution in [0.1, 0.15) is 29.3 Å². The van der Waals surface area contributed by atoms with Crippen molar-refractivity contribution in [1.29, 1.82) is 0 Å². The van der Waals surface area contributed by atoms with Gasteiger partial charge in [0, 0.05) is 17.4 Å². The Morgan fingerprint density at radius 2 is 1.75 bits per heavy atom. The van der Waals surface area contributed by atoms with Gasteiger partial charge in [0.25, 0.3) is 5.88 Å². The fourth-order valence-corrected chi connectivity index (χ4v) is 10.4. The summed E-state index contributed by atoms with van der Waals surface area (Å²) < 4.78 is 11.9.